The number of carbonyl (C=O) groups is 2. The molecular formula is C20H23N2O6+. The molecule has 0 unspecified atom stereocenters. The molecule has 1 atom stereocenters. The lowest BCUT2D eigenvalue weighted by Gasteiger charge is -2.28. The van der Waals surface area contributed by atoms with Crippen molar-refractivity contribution in [3.8, 4) is 0 Å². The number of ketones is 1. The highest BCUT2D eigenvalue weighted by atomic mass is 16.5. The number of aryl methyl sites for hydroxylation is 1. The number of rotatable bonds is 6. The second kappa shape index (κ2) is 7.65. The molecule has 1 saturated heterocycles. The molecule has 4 rings (SSSR count). The molecule has 8 heteroatoms. The third kappa shape index (κ3) is 3.36. The molecule has 148 valence electrons. The summed E-state index contributed by atoms with van der Waals surface area (Å²) in [7, 11) is 0. The monoisotopic (exact) mass is 387 g/mol. The van der Waals surface area contributed by atoms with Gasteiger partial charge in [0.1, 0.15) is 30.7 Å². The van der Waals surface area contributed by atoms with Crippen LogP contribution >= 0.6 is 0 Å². The van der Waals surface area contributed by atoms with Crippen LogP contribution in [0.2, 0.25) is 0 Å². The van der Waals surface area contributed by atoms with Crippen molar-refractivity contribution in [2.45, 2.75) is 13.0 Å². The highest BCUT2D eigenvalue weighted by molar-refractivity contribution is 6.14. The van der Waals surface area contributed by atoms with Gasteiger partial charge in [-0.3, -0.25) is 9.59 Å². The minimum absolute atomic E-state index is 0.00808. The normalized spacial score (nSPS) is 21.0. The Morgan fingerprint density at radius 2 is 2.07 bits per heavy atom. The molecule has 2 aliphatic rings. The van der Waals surface area contributed by atoms with Crippen molar-refractivity contribution in [3.05, 3.63) is 59.1 Å². The average Bonchev–Trinajstić information content (AvgIpc) is 3.43. The van der Waals surface area contributed by atoms with Crippen LogP contribution in [0, 0.1) is 6.92 Å². The highest BCUT2D eigenvalue weighted by Crippen LogP contribution is 2.39. The van der Waals surface area contributed by atoms with E-state index >= 15 is 0 Å². The number of hydrogen-bond donors (Lipinski definition) is 2. The predicted molar refractivity (Wildman–Crippen MR) is 97.0 cm³/mol. The first kappa shape index (κ1) is 18.5. The molecule has 2 N–H and O–H groups in total. The Morgan fingerprint density at radius 1 is 1.29 bits per heavy atom. The molecular weight excluding hydrogens is 364 g/mol. The van der Waals surface area contributed by atoms with Crippen molar-refractivity contribution in [2.75, 3.05) is 39.4 Å². The van der Waals surface area contributed by atoms with Crippen LogP contribution in [-0.4, -0.2) is 61.1 Å². The third-order valence-corrected chi connectivity index (χ3v) is 5.23. The van der Waals surface area contributed by atoms with Crippen LogP contribution in [0.1, 0.15) is 28.1 Å². The molecule has 1 fully saturated rings. The van der Waals surface area contributed by atoms with E-state index in [9.17, 15) is 14.7 Å². The SMILES string of the molecule is Cc1ccc([C@@H]2C(C(=O)c3ccco3)=C(O)C(=O)N2CC[NH+]2CCOCC2)o1. The molecule has 0 aromatic carbocycles. The Morgan fingerprint density at radius 3 is 2.71 bits per heavy atom. The van der Waals surface area contributed by atoms with Gasteiger partial charge in [-0.05, 0) is 31.2 Å². The Balaban J connectivity index is 1.64. The summed E-state index contributed by atoms with van der Waals surface area (Å²) in [5.41, 5.74) is -0.00808. The zero-order chi connectivity index (χ0) is 19.7. The van der Waals surface area contributed by atoms with Crippen LogP contribution in [0.15, 0.2) is 50.7 Å². The van der Waals surface area contributed by atoms with Gasteiger partial charge in [-0.15, -0.1) is 0 Å². The number of nitrogens with one attached hydrogen (secondary N) is 1. The summed E-state index contributed by atoms with van der Waals surface area (Å²) in [5, 5.41) is 10.5. The van der Waals surface area contributed by atoms with E-state index in [1.54, 1.807) is 25.1 Å². The lowest BCUT2D eigenvalue weighted by Crippen LogP contribution is -3.14. The number of aliphatic hydroxyl groups excluding tert-OH is 1. The summed E-state index contributed by atoms with van der Waals surface area (Å²) in [5.74, 6) is -0.447. The Hall–Kier alpha value is -2.84. The fourth-order valence-electron chi connectivity index (χ4n) is 3.74. The number of aliphatic hydroxyl groups is 1. The van der Waals surface area contributed by atoms with Gasteiger partial charge in [-0.25, -0.2) is 0 Å². The van der Waals surface area contributed by atoms with Crippen molar-refractivity contribution >= 4 is 11.7 Å². The summed E-state index contributed by atoms with van der Waals surface area (Å²) in [6, 6.07) is 5.83. The van der Waals surface area contributed by atoms with E-state index in [1.807, 2.05) is 0 Å². The molecule has 1 amide bonds. The number of morpholine rings is 1. The first-order valence-electron chi connectivity index (χ1n) is 9.36. The maximum atomic E-state index is 13.0. The Labute approximate surface area is 162 Å². The van der Waals surface area contributed by atoms with E-state index in [2.05, 4.69) is 0 Å². The van der Waals surface area contributed by atoms with Crippen molar-refractivity contribution in [2.24, 2.45) is 0 Å². The number of amides is 1. The minimum atomic E-state index is -0.778. The first-order valence-corrected chi connectivity index (χ1v) is 9.36. The summed E-state index contributed by atoms with van der Waals surface area (Å²) >= 11 is 0. The molecule has 8 nitrogen and oxygen atoms in total. The fraction of sp³-hybridized carbons (Fsp3) is 0.400. The molecule has 0 spiro atoms. The number of nitrogens with zero attached hydrogens (tertiary/aromatic N) is 1. The maximum Gasteiger partial charge on any atom is 0.290 e. The Bertz CT molecular complexity index is 892. The number of ether oxygens (including phenoxy) is 1. The number of quaternary nitrogens is 1. The number of hydrogen-bond acceptors (Lipinski definition) is 6. The van der Waals surface area contributed by atoms with Gasteiger partial charge in [0, 0.05) is 0 Å². The minimum Gasteiger partial charge on any atom is -0.503 e. The summed E-state index contributed by atoms with van der Waals surface area (Å²) in [6.07, 6.45) is 1.38. The van der Waals surface area contributed by atoms with Gasteiger partial charge in [-0.2, -0.15) is 0 Å². The van der Waals surface area contributed by atoms with Crippen LogP contribution in [0.4, 0.5) is 0 Å². The van der Waals surface area contributed by atoms with E-state index in [0.717, 1.165) is 13.1 Å². The molecule has 4 heterocycles. The quantitative estimate of drug-likeness (QED) is 0.708. The van der Waals surface area contributed by atoms with Gasteiger partial charge in [0.15, 0.2) is 11.5 Å². The van der Waals surface area contributed by atoms with Crippen LogP contribution in [0.5, 0.6) is 0 Å². The lowest BCUT2D eigenvalue weighted by atomic mass is 10.00. The van der Waals surface area contributed by atoms with Gasteiger partial charge in [-0.1, -0.05) is 0 Å². The first-order chi connectivity index (χ1) is 13.6. The summed E-state index contributed by atoms with van der Waals surface area (Å²) in [6.45, 7) is 5.98. The summed E-state index contributed by atoms with van der Waals surface area (Å²) in [4.78, 5) is 28.6. The van der Waals surface area contributed by atoms with Crippen LogP contribution < -0.4 is 4.90 Å². The van der Waals surface area contributed by atoms with E-state index in [0.29, 0.717) is 37.8 Å². The number of furan rings is 2. The molecule has 0 saturated carbocycles. The summed E-state index contributed by atoms with van der Waals surface area (Å²) < 4.78 is 16.3. The third-order valence-electron chi connectivity index (χ3n) is 5.23. The van der Waals surface area contributed by atoms with E-state index in [4.69, 9.17) is 13.6 Å². The largest absolute Gasteiger partial charge is 0.503 e. The average molecular weight is 387 g/mol. The predicted octanol–water partition coefficient (Wildman–Crippen LogP) is 0.674. The van der Waals surface area contributed by atoms with Gasteiger partial charge in [0.2, 0.25) is 5.78 Å². The topological polar surface area (TPSA) is 97.6 Å². The standard InChI is InChI=1S/C20H22N2O6/c1-13-4-5-14(28-13)17-16(18(23)15-3-2-10-27-15)19(24)20(25)22(17)7-6-21-8-11-26-12-9-21/h2-5,10,17,24H,6-9,11-12H2,1H3/p+1/t17-/m1/s1. The zero-order valence-electron chi connectivity index (χ0n) is 15.6. The molecule has 2 aliphatic heterocycles. The van der Waals surface area contributed by atoms with Gasteiger partial charge < -0.3 is 28.5 Å². The van der Waals surface area contributed by atoms with Crippen molar-refractivity contribution in [1.29, 1.82) is 0 Å². The van der Waals surface area contributed by atoms with Crippen LogP contribution in [-0.2, 0) is 9.53 Å². The number of Topliss-reactive ketones (excluding diaryl/α,β-unsaturated/α-hetero) is 1. The molecule has 0 radical (unpaired) electrons. The fourth-order valence-corrected chi connectivity index (χ4v) is 3.74. The lowest BCUT2D eigenvalue weighted by molar-refractivity contribution is -0.907. The molecule has 0 bridgehead atoms. The van der Waals surface area contributed by atoms with Gasteiger partial charge in [0.25, 0.3) is 5.91 Å². The van der Waals surface area contributed by atoms with E-state index < -0.39 is 23.5 Å². The zero-order valence-corrected chi connectivity index (χ0v) is 15.6. The molecule has 28 heavy (non-hydrogen) atoms. The molecule has 2 aromatic rings. The van der Waals surface area contributed by atoms with Crippen LogP contribution in [0.25, 0.3) is 0 Å². The van der Waals surface area contributed by atoms with Gasteiger partial charge >= 0.3 is 0 Å². The maximum absolute atomic E-state index is 13.0. The molecule has 2 aromatic heterocycles. The van der Waals surface area contributed by atoms with Crippen molar-refractivity contribution < 1.29 is 33.2 Å². The Kier molecular flexibility index (Phi) is 5.06. The van der Waals surface area contributed by atoms with E-state index in [1.165, 1.54) is 22.1 Å². The smallest absolute Gasteiger partial charge is 0.290 e. The van der Waals surface area contributed by atoms with Crippen molar-refractivity contribution in [3.63, 3.8) is 0 Å². The number of carbonyl (C=O) groups excluding carboxylic acids is 2. The van der Waals surface area contributed by atoms with Crippen LogP contribution in [0.3, 0.4) is 0 Å². The van der Waals surface area contributed by atoms with Crippen molar-refractivity contribution in [1.82, 2.24) is 4.90 Å². The molecule has 0 aliphatic carbocycles. The van der Waals surface area contributed by atoms with E-state index in [-0.39, 0.29) is 11.3 Å². The second-order valence-corrected chi connectivity index (χ2v) is 7.03. The highest BCUT2D eigenvalue weighted by Gasteiger charge is 2.46. The van der Waals surface area contributed by atoms with Gasteiger partial charge in [0.05, 0.1) is 38.1 Å². The second-order valence-electron chi connectivity index (χ2n) is 7.03.